The van der Waals surface area contributed by atoms with Crippen LogP contribution in [-0.2, 0) is 0 Å². The van der Waals surface area contributed by atoms with E-state index < -0.39 is 0 Å². The van der Waals surface area contributed by atoms with Crippen LogP contribution in [0.15, 0.2) is 30.3 Å². The quantitative estimate of drug-likeness (QED) is 0.905. The molecule has 0 saturated carbocycles. The maximum absolute atomic E-state index is 9.14. The van der Waals surface area contributed by atoms with Gasteiger partial charge in [-0.25, -0.2) is 4.98 Å². The molecule has 0 atom stereocenters. The average Bonchev–Trinajstić information content (AvgIpc) is 2.41. The summed E-state index contributed by atoms with van der Waals surface area (Å²) in [6.45, 7) is 6.79. The minimum absolute atomic E-state index is 0.593. The number of anilines is 1. The number of pyridine rings is 1. The molecule has 0 aliphatic rings. The molecule has 0 amide bonds. The number of nitriles is 1. The van der Waals surface area contributed by atoms with Gasteiger partial charge in [0.1, 0.15) is 11.9 Å². The average molecular weight is 251 g/mol. The fourth-order valence-electron chi connectivity index (χ4n) is 2.00. The van der Waals surface area contributed by atoms with Crippen LogP contribution in [0.2, 0.25) is 0 Å². The Bertz CT molecular complexity index is 622. The lowest BCUT2D eigenvalue weighted by atomic mass is 10.0. The Labute approximate surface area is 113 Å². The van der Waals surface area contributed by atoms with Gasteiger partial charge >= 0.3 is 0 Å². The van der Waals surface area contributed by atoms with Crippen molar-refractivity contribution in [1.29, 1.82) is 5.26 Å². The molecule has 0 spiro atoms. The monoisotopic (exact) mass is 251 g/mol. The molecular weight excluding hydrogens is 234 g/mol. The highest BCUT2D eigenvalue weighted by Gasteiger charge is 2.10. The van der Waals surface area contributed by atoms with Crippen LogP contribution in [0.3, 0.4) is 0 Å². The molecule has 0 radical (unpaired) electrons. The number of aryl methyl sites for hydroxylation is 2. The number of hydrogen-bond acceptors (Lipinski definition) is 3. The van der Waals surface area contributed by atoms with Crippen LogP contribution in [0.5, 0.6) is 0 Å². The Kier molecular flexibility index (Phi) is 3.82. The van der Waals surface area contributed by atoms with Crippen LogP contribution in [0, 0.1) is 25.2 Å². The zero-order chi connectivity index (χ0) is 13.8. The molecule has 96 valence electrons. The van der Waals surface area contributed by atoms with Crippen molar-refractivity contribution in [2.24, 2.45) is 0 Å². The summed E-state index contributed by atoms with van der Waals surface area (Å²) in [6.07, 6.45) is 0. The molecular formula is C16H17N3. The standard InChI is InChI=1S/C16H17N3/c1-4-18-16-14(10-17)9-12(3)15(19-16)13-7-5-11(2)6-8-13/h5-9H,4H2,1-3H3,(H,18,19). The SMILES string of the molecule is CCNc1nc(-c2ccc(C)cc2)c(C)cc1C#N. The van der Waals surface area contributed by atoms with Crippen molar-refractivity contribution in [3.8, 4) is 17.3 Å². The molecule has 3 heteroatoms. The Balaban J connectivity index is 2.54. The zero-order valence-electron chi connectivity index (χ0n) is 11.5. The topological polar surface area (TPSA) is 48.7 Å². The molecule has 0 fully saturated rings. The predicted molar refractivity (Wildman–Crippen MR) is 78.0 cm³/mol. The van der Waals surface area contributed by atoms with E-state index in [1.54, 1.807) is 0 Å². The summed E-state index contributed by atoms with van der Waals surface area (Å²) in [5.41, 5.74) is 4.83. The first kappa shape index (κ1) is 13.1. The lowest BCUT2D eigenvalue weighted by Crippen LogP contribution is -2.04. The Morgan fingerprint density at radius 3 is 2.47 bits per heavy atom. The molecule has 1 N–H and O–H groups in total. The van der Waals surface area contributed by atoms with Gasteiger partial charge in [0.05, 0.1) is 11.3 Å². The molecule has 2 aromatic rings. The molecule has 0 aliphatic carbocycles. The van der Waals surface area contributed by atoms with Gasteiger partial charge in [-0.15, -0.1) is 0 Å². The van der Waals surface area contributed by atoms with E-state index in [-0.39, 0.29) is 0 Å². The van der Waals surface area contributed by atoms with E-state index in [2.05, 4.69) is 47.6 Å². The number of aromatic nitrogens is 1. The summed E-state index contributed by atoms with van der Waals surface area (Å²) < 4.78 is 0. The van der Waals surface area contributed by atoms with E-state index in [1.807, 2.05) is 19.9 Å². The Morgan fingerprint density at radius 2 is 1.89 bits per heavy atom. The van der Waals surface area contributed by atoms with Crippen molar-refractivity contribution in [1.82, 2.24) is 4.98 Å². The minimum atomic E-state index is 0.593. The molecule has 19 heavy (non-hydrogen) atoms. The fraction of sp³-hybridized carbons (Fsp3) is 0.250. The van der Waals surface area contributed by atoms with Crippen LogP contribution in [0.1, 0.15) is 23.6 Å². The highest BCUT2D eigenvalue weighted by Crippen LogP contribution is 2.25. The number of nitrogens with zero attached hydrogens (tertiary/aromatic N) is 2. The van der Waals surface area contributed by atoms with Crippen molar-refractivity contribution < 1.29 is 0 Å². The van der Waals surface area contributed by atoms with Crippen LogP contribution < -0.4 is 5.32 Å². The van der Waals surface area contributed by atoms with Gasteiger partial charge in [0.25, 0.3) is 0 Å². The Morgan fingerprint density at radius 1 is 1.21 bits per heavy atom. The molecule has 1 aromatic heterocycles. The second-order valence-corrected chi connectivity index (χ2v) is 4.56. The van der Waals surface area contributed by atoms with E-state index >= 15 is 0 Å². The van der Waals surface area contributed by atoms with Gasteiger partial charge in [-0.1, -0.05) is 29.8 Å². The van der Waals surface area contributed by atoms with Crippen molar-refractivity contribution in [2.75, 3.05) is 11.9 Å². The summed E-state index contributed by atoms with van der Waals surface area (Å²) in [7, 11) is 0. The van der Waals surface area contributed by atoms with Gasteiger partial charge < -0.3 is 5.32 Å². The van der Waals surface area contributed by atoms with E-state index in [9.17, 15) is 0 Å². The molecule has 0 saturated heterocycles. The number of hydrogen-bond donors (Lipinski definition) is 1. The van der Waals surface area contributed by atoms with Crippen molar-refractivity contribution in [3.05, 3.63) is 47.0 Å². The summed E-state index contributed by atoms with van der Waals surface area (Å²) in [4.78, 5) is 4.60. The van der Waals surface area contributed by atoms with Crippen molar-refractivity contribution in [3.63, 3.8) is 0 Å². The summed E-state index contributed by atoms with van der Waals surface area (Å²) in [5.74, 6) is 0.658. The highest BCUT2D eigenvalue weighted by atomic mass is 15.0. The Hall–Kier alpha value is -2.34. The minimum Gasteiger partial charge on any atom is -0.369 e. The number of rotatable bonds is 3. The maximum atomic E-state index is 9.14. The van der Waals surface area contributed by atoms with Crippen LogP contribution >= 0.6 is 0 Å². The van der Waals surface area contributed by atoms with Gasteiger partial charge in [-0.3, -0.25) is 0 Å². The predicted octanol–water partition coefficient (Wildman–Crippen LogP) is 3.67. The fourth-order valence-corrected chi connectivity index (χ4v) is 2.00. The molecule has 0 unspecified atom stereocenters. The smallest absolute Gasteiger partial charge is 0.144 e. The largest absolute Gasteiger partial charge is 0.369 e. The molecule has 0 aliphatic heterocycles. The zero-order valence-corrected chi connectivity index (χ0v) is 11.5. The maximum Gasteiger partial charge on any atom is 0.144 e. The van der Waals surface area contributed by atoms with Crippen LogP contribution in [0.4, 0.5) is 5.82 Å². The number of benzene rings is 1. The molecule has 0 bridgehead atoms. The third-order valence-corrected chi connectivity index (χ3v) is 3.00. The summed E-state index contributed by atoms with van der Waals surface area (Å²) in [6, 6.07) is 12.3. The second kappa shape index (κ2) is 5.53. The van der Waals surface area contributed by atoms with E-state index in [1.165, 1.54) is 5.56 Å². The molecule has 1 aromatic carbocycles. The first-order valence-corrected chi connectivity index (χ1v) is 6.38. The number of nitrogens with one attached hydrogen (secondary N) is 1. The molecule has 3 nitrogen and oxygen atoms in total. The normalized spacial score (nSPS) is 10.0. The first-order valence-electron chi connectivity index (χ1n) is 6.38. The van der Waals surface area contributed by atoms with Crippen LogP contribution in [-0.4, -0.2) is 11.5 Å². The van der Waals surface area contributed by atoms with Crippen LogP contribution in [0.25, 0.3) is 11.3 Å². The highest BCUT2D eigenvalue weighted by molar-refractivity contribution is 5.68. The van der Waals surface area contributed by atoms with E-state index in [0.29, 0.717) is 11.4 Å². The van der Waals surface area contributed by atoms with Gasteiger partial charge in [0.15, 0.2) is 0 Å². The third kappa shape index (κ3) is 2.74. The second-order valence-electron chi connectivity index (χ2n) is 4.56. The first-order chi connectivity index (χ1) is 9.15. The van der Waals surface area contributed by atoms with Gasteiger partial charge in [0, 0.05) is 12.1 Å². The third-order valence-electron chi connectivity index (χ3n) is 3.00. The lowest BCUT2D eigenvalue weighted by Gasteiger charge is -2.11. The summed E-state index contributed by atoms with van der Waals surface area (Å²) in [5, 5.41) is 12.3. The van der Waals surface area contributed by atoms with Gasteiger partial charge in [-0.2, -0.15) is 5.26 Å². The van der Waals surface area contributed by atoms with Gasteiger partial charge in [0.2, 0.25) is 0 Å². The lowest BCUT2D eigenvalue weighted by molar-refractivity contribution is 1.14. The van der Waals surface area contributed by atoms with Gasteiger partial charge in [-0.05, 0) is 32.4 Å². The van der Waals surface area contributed by atoms with Crippen molar-refractivity contribution in [2.45, 2.75) is 20.8 Å². The van der Waals surface area contributed by atoms with E-state index in [4.69, 9.17) is 5.26 Å². The molecule has 1 heterocycles. The van der Waals surface area contributed by atoms with Crippen molar-refractivity contribution >= 4 is 5.82 Å². The van der Waals surface area contributed by atoms with E-state index in [0.717, 1.165) is 23.4 Å². The molecule has 2 rings (SSSR count). The summed E-state index contributed by atoms with van der Waals surface area (Å²) >= 11 is 0.